The van der Waals surface area contributed by atoms with Crippen molar-refractivity contribution >= 4 is 42.7 Å². The zero-order valence-corrected chi connectivity index (χ0v) is 16.3. The van der Waals surface area contributed by atoms with E-state index in [9.17, 15) is 13.2 Å². The highest BCUT2D eigenvalue weighted by molar-refractivity contribution is 9.10. The number of rotatable bonds is 5. The fourth-order valence-corrected chi connectivity index (χ4v) is 4.15. The van der Waals surface area contributed by atoms with Gasteiger partial charge in [-0.1, -0.05) is 15.9 Å². The number of hydrogen-bond donors (Lipinski definition) is 1. The number of benzene rings is 2. The van der Waals surface area contributed by atoms with Crippen molar-refractivity contribution in [3.05, 3.63) is 57.4 Å². The number of imidazole rings is 1. The molecule has 0 radical (unpaired) electrons. The van der Waals surface area contributed by atoms with Crippen LogP contribution in [-0.2, 0) is 23.1 Å². The summed E-state index contributed by atoms with van der Waals surface area (Å²) < 4.78 is 32.0. The Balaban J connectivity index is 2.09. The summed E-state index contributed by atoms with van der Waals surface area (Å²) in [6.07, 6.45) is 0. The Labute approximate surface area is 154 Å². The van der Waals surface area contributed by atoms with Gasteiger partial charge in [0.15, 0.2) is 0 Å². The molecule has 0 saturated carbocycles. The molecule has 2 aromatic carbocycles. The highest BCUT2D eigenvalue weighted by Crippen LogP contribution is 2.22. The molecule has 8 heteroatoms. The number of aromatic nitrogens is 2. The predicted octanol–water partition coefficient (Wildman–Crippen LogP) is 3.41. The van der Waals surface area contributed by atoms with Crippen molar-refractivity contribution in [2.75, 3.05) is 4.72 Å². The van der Waals surface area contributed by atoms with Gasteiger partial charge in [-0.3, -0.25) is 13.9 Å². The minimum Gasteiger partial charge on any atom is -0.292 e. The third-order valence-corrected chi connectivity index (χ3v) is 5.94. The SMILES string of the molecule is CCn1c(=O)n(CC)c2cc(S(=O)(=O)Nc3ccc(Br)cc3)ccc21. The molecule has 1 aromatic heterocycles. The Morgan fingerprint density at radius 2 is 1.56 bits per heavy atom. The summed E-state index contributed by atoms with van der Waals surface area (Å²) in [6.45, 7) is 4.76. The molecular weight excluding hydrogens is 406 g/mol. The van der Waals surface area contributed by atoms with E-state index >= 15 is 0 Å². The van der Waals surface area contributed by atoms with Crippen LogP contribution in [0, 0.1) is 0 Å². The molecule has 0 saturated heterocycles. The van der Waals surface area contributed by atoms with Crippen molar-refractivity contribution in [3.8, 4) is 0 Å². The lowest BCUT2D eigenvalue weighted by atomic mass is 10.3. The van der Waals surface area contributed by atoms with Crippen molar-refractivity contribution in [1.29, 1.82) is 0 Å². The van der Waals surface area contributed by atoms with Gasteiger partial charge in [-0.05, 0) is 56.3 Å². The second kappa shape index (κ2) is 6.68. The Morgan fingerprint density at radius 3 is 2.16 bits per heavy atom. The topological polar surface area (TPSA) is 73.1 Å². The zero-order chi connectivity index (χ0) is 18.2. The first-order chi connectivity index (χ1) is 11.9. The molecular formula is C17H18BrN3O3S. The average Bonchev–Trinajstić information content (AvgIpc) is 2.86. The van der Waals surface area contributed by atoms with Crippen LogP contribution >= 0.6 is 15.9 Å². The lowest BCUT2D eigenvalue weighted by Crippen LogP contribution is -2.23. The van der Waals surface area contributed by atoms with Crippen molar-refractivity contribution in [1.82, 2.24) is 9.13 Å². The number of halogens is 1. The molecule has 6 nitrogen and oxygen atoms in total. The first-order valence-corrected chi connectivity index (χ1v) is 10.2. The van der Waals surface area contributed by atoms with E-state index < -0.39 is 10.0 Å². The maximum absolute atomic E-state index is 12.7. The van der Waals surface area contributed by atoms with Crippen LogP contribution in [0.15, 0.2) is 56.6 Å². The van der Waals surface area contributed by atoms with Crippen LogP contribution < -0.4 is 10.4 Å². The van der Waals surface area contributed by atoms with E-state index in [0.717, 1.165) is 9.99 Å². The van der Waals surface area contributed by atoms with Gasteiger partial charge in [-0.15, -0.1) is 0 Å². The van der Waals surface area contributed by atoms with Gasteiger partial charge >= 0.3 is 5.69 Å². The molecule has 0 aliphatic rings. The summed E-state index contributed by atoms with van der Waals surface area (Å²) in [6, 6.07) is 11.6. The van der Waals surface area contributed by atoms with E-state index in [1.54, 1.807) is 45.5 Å². The lowest BCUT2D eigenvalue weighted by molar-refractivity contribution is 0.601. The largest absolute Gasteiger partial charge is 0.329 e. The first-order valence-electron chi connectivity index (χ1n) is 7.89. The molecule has 132 valence electrons. The molecule has 25 heavy (non-hydrogen) atoms. The van der Waals surface area contributed by atoms with Gasteiger partial charge in [0.05, 0.1) is 15.9 Å². The highest BCUT2D eigenvalue weighted by atomic mass is 79.9. The van der Waals surface area contributed by atoms with Gasteiger partial charge in [0.25, 0.3) is 10.0 Å². The van der Waals surface area contributed by atoms with Crippen molar-refractivity contribution < 1.29 is 8.42 Å². The molecule has 3 aromatic rings. The number of hydrogen-bond acceptors (Lipinski definition) is 3. The van der Waals surface area contributed by atoms with Crippen molar-refractivity contribution in [3.63, 3.8) is 0 Å². The maximum Gasteiger partial charge on any atom is 0.329 e. The van der Waals surface area contributed by atoms with Crippen LogP contribution in [0.25, 0.3) is 11.0 Å². The van der Waals surface area contributed by atoms with Gasteiger partial charge in [0.2, 0.25) is 0 Å². The lowest BCUT2D eigenvalue weighted by Gasteiger charge is -2.09. The smallest absolute Gasteiger partial charge is 0.292 e. The summed E-state index contributed by atoms with van der Waals surface area (Å²) in [5.74, 6) is 0. The number of nitrogens with one attached hydrogen (secondary N) is 1. The van der Waals surface area contributed by atoms with E-state index in [2.05, 4.69) is 20.7 Å². The Kier molecular flexibility index (Phi) is 4.75. The molecule has 0 fully saturated rings. The van der Waals surface area contributed by atoms with Gasteiger partial charge < -0.3 is 0 Å². The second-order valence-corrected chi connectivity index (χ2v) is 8.13. The van der Waals surface area contributed by atoms with E-state index in [-0.39, 0.29) is 10.6 Å². The second-order valence-electron chi connectivity index (χ2n) is 5.53. The minimum atomic E-state index is -3.74. The fourth-order valence-electron chi connectivity index (χ4n) is 2.81. The zero-order valence-electron chi connectivity index (χ0n) is 13.9. The summed E-state index contributed by atoms with van der Waals surface area (Å²) in [5, 5.41) is 0. The number of sulfonamides is 1. The molecule has 3 rings (SSSR count). The molecule has 1 N–H and O–H groups in total. The predicted molar refractivity (Wildman–Crippen MR) is 102 cm³/mol. The Morgan fingerprint density at radius 1 is 0.960 bits per heavy atom. The number of anilines is 1. The van der Waals surface area contributed by atoms with Crippen LogP contribution in [0.2, 0.25) is 0 Å². The standard InChI is InChI=1S/C17H18BrN3O3S/c1-3-20-15-10-9-14(11-16(15)21(4-2)17(20)22)25(23,24)19-13-7-5-12(18)6-8-13/h5-11,19H,3-4H2,1-2H3. The minimum absolute atomic E-state index is 0.123. The third-order valence-electron chi connectivity index (χ3n) is 4.03. The highest BCUT2D eigenvalue weighted by Gasteiger charge is 2.18. The van der Waals surface area contributed by atoms with Crippen molar-refractivity contribution in [2.24, 2.45) is 0 Å². The van der Waals surface area contributed by atoms with E-state index in [1.165, 1.54) is 6.07 Å². The quantitative estimate of drug-likeness (QED) is 0.683. The third kappa shape index (κ3) is 3.23. The van der Waals surface area contributed by atoms with Crippen LogP contribution in [0.3, 0.4) is 0 Å². The normalized spacial score (nSPS) is 11.8. The van der Waals surface area contributed by atoms with Gasteiger partial charge in [0, 0.05) is 23.2 Å². The molecule has 0 aliphatic heterocycles. The summed E-state index contributed by atoms with van der Waals surface area (Å²) in [4.78, 5) is 12.5. The maximum atomic E-state index is 12.7. The van der Waals surface area contributed by atoms with E-state index in [0.29, 0.717) is 24.3 Å². The first kappa shape index (κ1) is 17.8. The average molecular weight is 424 g/mol. The summed E-state index contributed by atoms with van der Waals surface area (Å²) in [5.41, 5.74) is 1.70. The van der Waals surface area contributed by atoms with Gasteiger partial charge in [-0.25, -0.2) is 13.2 Å². The molecule has 0 bridgehead atoms. The number of nitrogens with zero attached hydrogens (tertiary/aromatic N) is 2. The number of fused-ring (bicyclic) bond motifs is 1. The van der Waals surface area contributed by atoms with E-state index in [4.69, 9.17) is 0 Å². The number of aryl methyl sites for hydroxylation is 2. The van der Waals surface area contributed by atoms with Crippen LogP contribution in [-0.4, -0.2) is 17.6 Å². The van der Waals surface area contributed by atoms with Crippen LogP contribution in [0.1, 0.15) is 13.8 Å². The van der Waals surface area contributed by atoms with Crippen LogP contribution in [0.4, 0.5) is 5.69 Å². The molecule has 0 amide bonds. The Hall–Kier alpha value is -2.06. The fraction of sp³-hybridized carbons (Fsp3) is 0.235. The monoisotopic (exact) mass is 423 g/mol. The van der Waals surface area contributed by atoms with Crippen molar-refractivity contribution in [2.45, 2.75) is 31.8 Å². The molecule has 0 spiro atoms. The van der Waals surface area contributed by atoms with Crippen LogP contribution in [0.5, 0.6) is 0 Å². The van der Waals surface area contributed by atoms with Gasteiger partial charge in [0.1, 0.15) is 0 Å². The Bertz CT molecular complexity index is 1080. The molecule has 0 unspecified atom stereocenters. The molecule has 0 atom stereocenters. The summed E-state index contributed by atoms with van der Waals surface area (Å²) >= 11 is 3.32. The summed E-state index contributed by atoms with van der Waals surface area (Å²) in [7, 11) is -3.74. The van der Waals surface area contributed by atoms with E-state index in [1.807, 2.05) is 13.8 Å². The molecule has 0 aliphatic carbocycles. The van der Waals surface area contributed by atoms with Gasteiger partial charge in [-0.2, -0.15) is 0 Å². The molecule has 1 heterocycles.